The zero-order valence-corrected chi connectivity index (χ0v) is 14.1. The van der Waals surface area contributed by atoms with Gasteiger partial charge >= 0.3 is 6.03 Å². The summed E-state index contributed by atoms with van der Waals surface area (Å²) in [6, 6.07) is -0.0712. The first-order valence-corrected chi connectivity index (χ1v) is 8.75. The second kappa shape index (κ2) is 9.33. The number of urea groups is 1. The van der Waals surface area contributed by atoms with Crippen LogP contribution in [0.15, 0.2) is 0 Å². The Morgan fingerprint density at radius 2 is 1.95 bits per heavy atom. The van der Waals surface area contributed by atoms with Crippen LogP contribution in [0.5, 0.6) is 0 Å². The number of hydrogen-bond acceptors (Lipinski definition) is 4. The number of hydrogen-bond donors (Lipinski definition) is 2. The fourth-order valence-corrected chi connectivity index (χ4v) is 3.13. The van der Waals surface area contributed by atoms with Crippen molar-refractivity contribution in [3.8, 4) is 0 Å². The van der Waals surface area contributed by atoms with Gasteiger partial charge in [0.2, 0.25) is 0 Å². The van der Waals surface area contributed by atoms with E-state index in [9.17, 15) is 4.79 Å². The normalized spacial score (nSPS) is 25.1. The van der Waals surface area contributed by atoms with Crippen LogP contribution in [-0.2, 0) is 4.74 Å². The number of carbonyl (C=O) groups excluding carboxylic acids is 1. The van der Waals surface area contributed by atoms with Gasteiger partial charge in [-0.2, -0.15) is 0 Å². The molecule has 128 valence electrons. The Morgan fingerprint density at radius 1 is 1.23 bits per heavy atom. The molecule has 2 atom stereocenters. The molecule has 2 fully saturated rings. The van der Waals surface area contributed by atoms with E-state index in [4.69, 9.17) is 4.74 Å². The zero-order valence-electron chi connectivity index (χ0n) is 14.1. The van der Waals surface area contributed by atoms with Crippen molar-refractivity contribution in [2.75, 3.05) is 59.0 Å². The molecule has 0 aromatic rings. The van der Waals surface area contributed by atoms with Crippen molar-refractivity contribution < 1.29 is 9.53 Å². The van der Waals surface area contributed by atoms with Gasteiger partial charge in [0.15, 0.2) is 0 Å². The predicted molar refractivity (Wildman–Crippen MR) is 88.1 cm³/mol. The quantitative estimate of drug-likeness (QED) is 0.728. The minimum atomic E-state index is -0.0712. The van der Waals surface area contributed by atoms with E-state index in [1.54, 1.807) is 0 Å². The monoisotopic (exact) mass is 312 g/mol. The van der Waals surface area contributed by atoms with Crippen LogP contribution in [0.3, 0.4) is 0 Å². The van der Waals surface area contributed by atoms with Gasteiger partial charge in [-0.05, 0) is 25.3 Å². The summed E-state index contributed by atoms with van der Waals surface area (Å²) in [7, 11) is 0. The van der Waals surface area contributed by atoms with Crippen LogP contribution in [0.25, 0.3) is 0 Å². The van der Waals surface area contributed by atoms with Gasteiger partial charge in [0.05, 0.1) is 6.10 Å². The third-order valence-electron chi connectivity index (χ3n) is 4.61. The van der Waals surface area contributed by atoms with Gasteiger partial charge in [0.1, 0.15) is 0 Å². The van der Waals surface area contributed by atoms with Crippen molar-refractivity contribution in [3.05, 3.63) is 0 Å². The van der Waals surface area contributed by atoms with Crippen LogP contribution >= 0.6 is 0 Å². The standard InChI is InChI=1S/C16H32N4O2/c1-3-19-6-8-20(9-7-19)13-14(2)11-17-16(21)18-12-15-5-4-10-22-15/h14-15H,3-13H2,1-2H3,(H2,17,18,21)/t14-,15-/m0/s1. The van der Waals surface area contributed by atoms with E-state index >= 15 is 0 Å². The molecule has 0 aliphatic carbocycles. The summed E-state index contributed by atoms with van der Waals surface area (Å²) in [4.78, 5) is 16.8. The van der Waals surface area contributed by atoms with Gasteiger partial charge in [0.25, 0.3) is 0 Å². The number of ether oxygens (including phenoxy) is 1. The Balaban J connectivity index is 1.53. The topological polar surface area (TPSA) is 56.8 Å². The van der Waals surface area contributed by atoms with Gasteiger partial charge < -0.3 is 25.2 Å². The lowest BCUT2D eigenvalue weighted by Crippen LogP contribution is -2.48. The SMILES string of the molecule is CCN1CCN(C[C@@H](C)CNC(=O)NC[C@@H]2CCCO2)CC1. The maximum Gasteiger partial charge on any atom is 0.314 e. The predicted octanol–water partition coefficient (Wildman–Crippen LogP) is 0.738. The highest BCUT2D eigenvalue weighted by Crippen LogP contribution is 2.10. The Bertz CT molecular complexity index is 326. The van der Waals surface area contributed by atoms with Crippen LogP contribution in [0.1, 0.15) is 26.7 Å². The van der Waals surface area contributed by atoms with Crippen LogP contribution in [0.4, 0.5) is 4.79 Å². The van der Waals surface area contributed by atoms with E-state index < -0.39 is 0 Å². The molecule has 2 aliphatic heterocycles. The second-order valence-electron chi connectivity index (χ2n) is 6.57. The highest BCUT2D eigenvalue weighted by atomic mass is 16.5. The van der Waals surface area contributed by atoms with Crippen LogP contribution < -0.4 is 10.6 Å². The maximum atomic E-state index is 11.8. The molecular formula is C16H32N4O2. The lowest BCUT2D eigenvalue weighted by atomic mass is 10.1. The molecule has 0 unspecified atom stereocenters. The summed E-state index contributed by atoms with van der Waals surface area (Å²) in [5, 5.41) is 5.87. The van der Waals surface area contributed by atoms with Crippen LogP contribution in [0, 0.1) is 5.92 Å². The van der Waals surface area contributed by atoms with Gasteiger partial charge in [0, 0.05) is 52.4 Å². The third kappa shape index (κ3) is 6.10. The first-order chi connectivity index (χ1) is 10.7. The second-order valence-corrected chi connectivity index (χ2v) is 6.57. The first kappa shape index (κ1) is 17.5. The van der Waals surface area contributed by atoms with Crippen LogP contribution in [-0.4, -0.2) is 80.9 Å². The molecule has 0 radical (unpaired) electrons. The largest absolute Gasteiger partial charge is 0.376 e. The van der Waals surface area contributed by atoms with Crippen molar-refractivity contribution >= 4 is 6.03 Å². The summed E-state index contributed by atoms with van der Waals surface area (Å²) < 4.78 is 5.49. The van der Waals surface area contributed by atoms with Crippen molar-refractivity contribution in [1.29, 1.82) is 0 Å². The number of amides is 2. The summed E-state index contributed by atoms with van der Waals surface area (Å²) in [6.45, 7) is 13.4. The molecule has 22 heavy (non-hydrogen) atoms. The van der Waals surface area contributed by atoms with Gasteiger partial charge in [-0.1, -0.05) is 13.8 Å². The van der Waals surface area contributed by atoms with Gasteiger partial charge in [-0.15, -0.1) is 0 Å². The Kier molecular flexibility index (Phi) is 7.42. The number of nitrogens with zero attached hydrogens (tertiary/aromatic N) is 2. The lowest BCUT2D eigenvalue weighted by molar-refractivity contribution is 0.111. The highest BCUT2D eigenvalue weighted by Gasteiger charge is 2.18. The minimum absolute atomic E-state index is 0.0712. The smallest absolute Gasteiger partial charge is 0.314 e. The maximum absolute atomic E-state index is 11.8. The zero-order chi connectivity index (χ0) is 15.8. The summed E-state index contributed by atoms with van der Waals surface area (Å²) in [5.74, 6) is 0.474. The Labute approximate surface area is 134 Å². The molecule has 0 spiro atoms. The van der Waals surface area contributed by atoms with Gasteiger partial charge in [-0.3, -0.25) is 0 Å². The number of carbonyl (C=O) groups is 1. The van der Waals surface area contributed by atoms with E-state index in [0.29, 0.717) is 12.5 Å². The number of rotatable bonds is 7. The van der Waals surface area contributed by atoms with Crippen molar-refractivity contribution in [2.24, 2.45) is 5.92 Å². The Hall–Kier alpha value is -0.850. The minimum Gasteiger partial charge on any atom is -0.376 e. The van der Waals surface area contributed by atoms with E-state index in [1.807, 2.05) is 0 Å². The van der Waals surface area contributed by atoms with E-state index in [-0.39, 0.29) is 12.1 Å². The molecule has 0 bridgehead atoms. The van der Waals surface area contributed by atoms with Crippen molar-refractivity contribution in [3.63, 3.8) is 0 Å². The van der Waals surface area contributed by atoms with Crippen molar-refractivity contribution in [2.45, 2.75) is 32.8 Å². The summed E-state index contributed by atoms with van der Waals surface area (Å²) in [5.41, 5.74) is 0. The average molecular weight is 312 g/mol. The Morgan fingerprint density at radius 3 is 2.59 bits per heavy atom. The fourth-order valence-electron chi connectivity index (χ4n) is 3.13. The number of likely N-dealkylation sites (N-methyl/N-ethyl adjacent to an activating group) is 1. The summed E-state index contributed by atoms with van der Waals surface area (Å²) in [6.07, 6.45) is 2.37. The molecule has 0 saturated carbocycles. The molecule has 2 rings (SSSR count). The molecule has 2 amide bonds. The molecule has 2 N–H and O–H groups in total. The molecule has 2 saturated heterocycles. The molecular weight excluding hydrogens is 280 g/mol. The van der Waals surface area contributed by atoms with E-state index in [2.05, 4.69) is 34.3 Å². The lowest BCUT2D eigenvalue weighted by Gasteiger charge is -2.35. The number of piperazine rings is 1. The average Bonchev–Trinajstić information content (AvgIpc) is 3.05. The third-order valence-corrected chi connectivity index (χ3v) is 4.61. The first-order valence-electron chi connectivity index (χ1n) is 8.75. The van der Waals surface area contributed by atoms with Crippen LogP contribution in [0.2, 0.25) is 0 Å². The highest BCUT2D eigenvalue weighted by molar-refractivity contribution is 5.73. The molecule has 0 aromatic heterocycles. The van der Waals surface area contributed by atoms with Crippen molar-refractivity contribution in [1.82, 2.24) is 20.4 Å². The van der Waals surface area contributed by atoms with Gasteiger partial charge in [-0.25, -0.2) is 4.79 Å². The summed E-state index contributed by atoms with van der Waals surface area (Å²) >= 11 is 0. The molecule has 2 aliphatic rings. The van der Waals surface area contributed by atoms with E-state index in [0.717, 1.165) is 52.2 Å². The molecule has 0 aromatic carbocycles. The molecule has 2 heterocycles. The number of nitrogens with one attached hydrogen (secondary N) is 2. The molecule has 6 heteroatoms. The van der Waals surface area contributed by atoms with E-state index in [1.165, 1.54) is 13.1 Å². The molecule has 6 nitrogen and oxygen atoms in total. The fraction of sp³-hybridized carbons (Fsp3) is 0.938.